The van der Waals surface area contributed by atoms with Crippen LogP contribution in [-0.2, 0) is 11.3 Å². The lowest BCUT2D eigenvalue weighted by Gasteiger charge is -2.10. The molecule has 172 valence electrons. The summed E-state index contributed by atoms with van der Waals surface area (Å²) in [5, 5.41) is 13.9. The number of ether oxygens (including phenoxy) is 1. The molecule has 0 spiro atoms. The molecule has 8 nitrogen and oxygen atoms in total. The normalized spacial score (nSPS) is 11.2. The van der Waals surface area contributed by atoms with Crippen molar-refractivity contribution in [1.82, 2.24) is 19.2 Å². The van der Waals surface area contributed by atoms with Crippen LogP contribution in [0.25, 0.3) is 16.0 Å². The van der Waals surface area contributed by atoms with E-state index in [1.807, 2.05) is 65.2 Å². The molecule has 5 rings (SSSR count). The van der Waals surface area contributed by atoms with Gasteiger partial charge in [-0.25, -0.2) is 0 Å². The number of aromatic nitrogens is 4. The number of rotatable bonds is 8. The molecule has 0 unspecified atom stereocenters. The summed E-state index contributed by atoms with van der Waals surface area (Å²) >= 11 is 2.66. The molecule has 34 heavy (non-hydrogen) atoms. The maximum atomic E-state index is 13.2. The van der Waals surface area contributed by atoms with Crippen LogP contribution in [0.1, 0.15) is 12.5 Å². The van der Waals surface area contributed by atoms with Crippen molar-refractivity contribution in [3.8, 4) is 5.75 Å². The number of nitrogens with zero attached hydrogens (tertiary/aromatic N) is 4. The number of nitrogens with one attached hydrogen (secondary N) is 1. The number of carbonyl (C=O) groups excluding carboxylic acids is 1. The van der Waals surface area contributed by atoms with Gasteiger partial charge in [0.05, 0.1) is 24.4 Å². The molecule has 5 aromatic rings. The maximum Gasteiger partial charge on any atom is 0.273 e. The van der Waals surface area contributed by atoms with Gasteiger partial charge in [-0.3, -0.25) is 18.6 Å². The molecular weight excluding hydrogens is 470 g/mol. The van der Waals surface area contributed by atoms with Gasteiger partial charge in [0, 0.05) is 5.69 Å². The molecule has 0 radical (unpaired) electrons. The molecule has 10 heteroatoms. The quantitative estimate of drug-likeness (QED) is 0.326. The van der Waals surface area contributed by atoms with Crippen molar-refractivity contribution in [3.05, 3.63) is 82.0 Å². The van der Waals surface area contributed by atoms with Crippen molar-refractivity contribution < 1.29 is 9.53 Å². The Hall–Kier alpha value is -3.63. The van der Waals surface area contributed by atoms with Crippen molar-refractivity contribution in [1.29, 1.82) is 0 Å². The maximum absolute atomic E-state index is 13.2. The average Bonchev–Trinajstić information content (AvgIpc) is 3.50. The van der Waals surface area contributed by atoms with E-state index in [1.54, 1.807) is 16.7 Å². The van der Waals surface area contributed by atoms with Gasteiger partial charge in [0.1, 0.15) is 10.4 Å². The predicted octanol–water partition coefficient (Wildman–Crippen LogP) is 4.28. The zero-order valence-electron chi connectivity index (χ0n) is 18.3. The zero-order valence-corrected chi connectivity index (χ0v) is 19.9. The number of anilines is 1. The SMILES string of the molecule is CCOc1ccc(NC(=O)CSc2nnc3n(Cc4ccccc4)c(=O)c4sccc4n23)cc1. The molecule has 0 fully saturated rings. The van der Waals surface area contributed by atoms with E-state index in [0.717, 1.165) is 16.8 Å². The fraction of sp³-hybridized carbons (Fsp3) is 0.167. The van der Waals surface area contributed by atoms with E-state index in [9.17, 15) is 9.59 Å². The van der Waals surface area contributed by atoms with Gasteiger partial charge in [-0.15, -0.1) is 21.5 Å². The third-order valence-electron chi connectivity index (χ3n) is 5.15. The van der Waals surface area contributed by atoms with Crippen molar-refractivity contribution >= 4 is 50.7 Å². The Morgan fingerprint density at radius 2 is 1.88 bits per heavy atom. The van der Waals surface area contributed by atoms with Gasteiger partial charge in [-0.05, 0) is 48.2 Å². The topological polar surface area (TPSA) is 90.5 Å². The van der Waals surface area contributed by atoms with Crippen molar-refractivity contribution in [2.45, 2.75) is 18.6 Å². The highest BCUT2D eigenvalue weighted by atomic mass is 32.2. The monoisotopic (exact) mass is 491 g/mol. The van der Waals surface area contributed by atoms with Gasteiger partial charge in [0.2, 0.25) is 11.7 Å². The number of thiophene rings is 1. The Kier molecular flexibility index (Phi) is 6.33. The summed E-state index contributed by atoms with van der Waals surface area (Å²) in [5.41, 5.74) is 2.33. The van der Waals surface area contributed by atoms with Crippen molar-refractivity contribution in [2.24, 2.45) is 0 Å². The second-order valence-electron chi connectivity index (χ2n) is 7.42. The lowest BCUT2D eigenvalue weighted by atomic mass is 10.2. The minimum atomic E-state index is -0.162. The second kappa shape index (κ2) is 9.70. The Balaban J connectivity index is 1.40. The third-order valence-corrected chi connectivity index (χ3v) is 6.97. The van der Waals surface area contributed by atoms with Crippen LogP contribution in [0, 0.1) is 0 Å². The molecule has 0 bridgehead atoms. The Labute approximate surface area is 203 Å². The molecule has 0 saturated carbocycles. The van der Waals surface area contributed by atoms with Crippen LogP contribution >= 0.6 is 23.1 Å². The number of thioether (sulfide) groups is 1. The number of benzene rings is 2. The average molecular weight is 492 g/mol. The van der Waals surface area contributed by atoms with E-state index in [1.165, 1.54) is 23.1 Å². The van der Waals surface area contributed by atoms with Crippen LogP contribution < -0.4 is 15.6 Å². The van der Waals surface area contributed by atoms with E-state index < -0.39 is 0 Å². The predicted molar refractivity (Wildman–Crippen MR) is 135 cm³/mol. The molecule has 0 saturated heterocycles. The van der Waals surface area contributed by atoms with E-state index in [0.29, 0.717) is 34.5 Å². The van der Waals surface area contributed by atoms with E-state index in [-0.39, 0.29) is 17.2 Å². The first kappa shape index (κ1) is 22.2. The summed E-state index contributed by atoms with van der Waals surface area (Å²) in [6.45, 7) is 2.90. The molecule has 0 aliphatic heterocycles. The molecule has 1 N–H and O–H groups in total. The van der Waals surface area contributed by atoms with E-state index in [4.69, 9.17) is 4.74 Å². The van der Waals surface area contributed by atoms with Crippen LogP contribution in [0.3, 0.4) is 0 Å². The minimum Gasteiger partial charge on any atom is -0.494 e. The molecule has 3 heterocycles. The fourth-order valence-electron chi connectivity index (χ4n) is 3.63. The van der Waals surface area contributed by atoms with Gasteiger partial charge in [0.25, 0.3) is 5.56 Å². The van der Waals surface area contributed by atoms with Gasteiger partial charge in [0.15, 0.2) is 5.16 Å². The number of hydrogen-bond donors (Lipinski definition) is 1. The van der Waals surface area contributed by atoms with Gasteiger partial charge in [-0.2, -0.15) is 0 Å². The highest BCUT2D eigenvalue weighted by molar-refractivity contribution is 7.99. The van der Waals surface area contributed by atoms with Gasteiger partial charge in [-0.1, -0.05) is 42.1 Å². The highest BCUT2D eigenvalue weighted by Gasteiger charge is 2.18. The standard InChI is InChI=1S/C24H21N5O3S2/c1-2-32-18-10-8-17(9-11-18)25-20(30)15-34-24-27-26-23-28(14-16-6-4-3-5-7-16)22(31)21-19(29(23)24)12-13-33-21/h3-13H,2,14-15H2,1H3,(H,25,30). The highest BCUT2D eigenvalue weighted by Crippen LogP contribution is 2.25. The lowest BCUT2D eigenvalue weighted by Crippen LogP contribution is -2.23. The first-order valence-electron chi connectivity index (χ1n) is 10.7. The molecule has 0 atom stereocenters. The fourth-order valence-corrected chi connectivity index (χ4v) is 5.19. The van der Waals surface area contributed by atoms with Crippen LogP contribution in [0.5, 0.6) is 5.75 Å². The molecule has 1 amide bonds. The summed E-state index contributed by atoms with van der Waals surface area (Å²) < 4.78 is 9.54. The Morgan fingerprint density at radius 3 is 2.65 bits per heavy atom. The largest absolute Gasteiger partial charge is 0.494 e. The summed E-state index contributed by atoms with van der Waals surface area (Å²) in [6.07, 6.45) is 0. The number of hydrogen-bond acceptors (Lipinski definition) is 7. The zero-order chi connectivity index (χ0) is 23.5. The Morgan fingerprint density at radius 1 is 1.09 bits per heavy atom. The smallest absolute Gasteiger partial charge is 0.273 e. The van der Waals surface area contributed by atoms with E-state index >= 15 is 0 Å². The second-order valence-corrected chi connectivity index (χ2v) is 9.28. The lowest BCUT2D eigenvalue weighted by molar-refractivity contribution is -0.113. The van der Waals surface area contributed by atoms with E-state index in [2.05, 4.69) is 15.5 Å². The number of amides is 1. The van der Waals surface area contributed by atoms with Crippen molar-refractivity contribution in [3.63, 3.8) is 0 Å². The summed E-state index contributed by atoms with van der Waals surface area (Å²) in [4.78, 5) is 25.7. The van der Waals surface area contributed by atoms with Crippen LogP contribution in [0.15, 0.2) is 76.0 Å². The summed E-state index contributed by atoms with van der Waals surface area (Å²) in [5.74, 6) is 1.20. The third kappa shape index (κ3) is 4.42. The Bertz CT molecular complexity index is 1510. The van der Waals surface area contributed by atoms with Crippen LogP contribution in [0.2, 0.25) is 0 Å². The van der Waals surface area contributed by atoms with Gasteiger partial charge >= 0.3 is 0 Å². The van der Waals surface area contributed by atoms with Crippen LogP contribution in [-0.4, -0.2) is 37.4 Å². The summed E-state index contributed by atoms with van der Waals surface area (Å²) in [6, 6.07) is 18.9. The van der Waals surface area contributed by atoms with Crippen molar-refractivity contribution in [2.75, 3.05) is 17.7 Å². The summed E-state index contributed by atoms with van der Waals surface area (Å²) in [7, 11) is 0. The number of carbonyl (C=O) groups is 1. The molecular formula is C24H21N5O3S2. The molecule has 0 aliphatic rings. The van der Waals surface area contributed by atoms with Gasteiger partial charge < -0.3 is 10.1 Å². The first-order valence-corrected chi connectivity index (χ1v) is 12.5. The first-order chi connectivity index (χ1) is 16.6. The number of fused-ring (bicyclic) bond motifs is 3. The van der Waals surface area contributed by atoms with Crippen LogP contribution in [0.4, 0.5) is 5.69 Å². The molecule has 3 aromatic heterocycles. The minimum absolute atomic E-state index is 0.0986. The molecule has 2 aromatic carbocycles. The molecule has 0 aliphatic carbocycles.